The van der Waals surface area contributed by atoms with Gasteiger partial charge in [0.2, 0.25) is 16.6 Å². The first-order valence-electron chi connectivity index (χ1n) is 14.5. The molecule has 6 heteroatoms. The number of benzene rings is 4. The number of rotatable bonds is 6. The van der Waals surface area contributed by atoms with Gasteiger partial charge in [0.15, 0.2) is 0 Å². The molecule has 0 fully saturated rings. The molecule has 1 heterocycles. The third-order valence-corrected chi connectivity index (χ3v) is 17.8. The Bertz CT molecular complexity index is 1560. The molecule has 0 N–H and O–H groups in total. The Morgan fingerprint density at radius 3 is 1.78 bits per heavy atom. The lowest BCUT2D eigenvalue weighted by atomic mass is 9.91. The molecule has 0 amide bonds. The quantitative estimate of drug-likeness (QED) is 0.211. The number of ether oxygens (including phenoxy) is 2. The first-order chi connectivity index (χ1) is 19.1. The van der Waals surface area contributed by atoms with Crippen LogP contribution in [0, 0.1) is 0 Å². The second-order valence-corrected chi connectivity index (χ2v) is 23.6. The van der Waals surface area contributed by atoms with Crippen molar-refractivity contribution in [3.8, 4) is 34.1 Å². The summed E-state index contributed by atoms with van der Waals surface area (Å²) in [4.78, 5) is 0. The van der Waals surface area contributed by atoms with E-state index >= 15 is 0 Å². The number of hydrogen-bond donors (Lipinski definition) is 0. The number of para-hydroxylation sites is 1. The zero-order chi connectivity index (χ0) is 29.8. The van der Waals surface area contributed by atoms with E-state index in [9.17, 15) is 0 Å². The van der Waals surface area contributed by atoms with Crippen molar-refractivity contribution in [2.45, 2.75) is 84.1 Å². The van der Waals surface area contributed by atoms with E-state index in [0.717, 1.165) is 50.5 Å². The maximum absolute atomic E-state index is 6.66. The van der Waals surface area contributed by atoms with Crippen molar-refractivity contribution in [2.75, 3.05) is 0 Å². The topological polar surface area (TPSA) is 36.9 Å². The molecular weight excluding hydrogens is 541 g/mol. The van der Waals surface area contributed by atoms with Gasteiger partial charge in [0, 0.05) is 17.2 Å². The van der Waals surface area contributed by atoms with Crippen LogP contribution in [0.1, 0.15) is 53.4 Å². The Hall–Kier alpha value is -3.23. The predicted octanol–water partition coefficient (Wildman–Crippen LogP) is 10.7. The van der Waals surface area contributed by atoms with Crippen LogP contribution in [0.4, 0.5) is 0 Å². The monoisotopic (exact) mass is 584 g/mol. The van der Waals surface area contributed by atoms with E-state index in [-0.39, 0.29) is 10.1 Å². The zero-order valence-electron chi connectivity index (χ0n) is 26.2. The second-order valence-electron chi connectivity index (χ2n) is 14.2. The third-order valence-electron chi connectivity index (χ3n) is 9.09. The van der Waals surface area contributed by atoms with Gasteiger partial charge in [0.1, 0.15) is 23.0 Å². The van der Waals surface area contributed by atoms with E-state index < -0.39 is 22.9 Å². The standard InChI is InChI=1S/C35H44O4Si2/c1-34(2,3)40(7,8)38-26-17-20-28-24(22-26)16-19-30-29-21-18-27(39-41(9,10)35(4,5)6)23-31(29)37-33(32(28)30)36-25-14-12-11-13-15-25/h11-23,33H,1-10H3. The molecular formula is C35H44O4Si2. The van der Waals surface area contributed by atoms with E-state index in [1.54, 1.807) is 0 Å². The van der Waals surface area contributed by atoms with Crippen LogP contribution in [-0.4, -0.2) is 16.6 Å². The van der Waals surface area contributed by atoms with Crippen molar-refractivity contribution in [1.82, 2.24) is 0 Å². The summed E-state index contributed by atoms with van der Waals surface area (Å²) < 4.78 is 26.4. The van der Waals surface area contributed by atoms with Gasteiger partial charge in [-0.2, -0.15) is 0 Å². The zero-order valence-corrected chi connectivity index (χ0v) is 28.2. The summed E-state index contributed by atoms with van der Waals surface area (Å²) in [6, 6.07) is 26.9. The summed E-state index contributed by atoms with van der Waals surface area (Å²) in [5, 5.41) is 2.42. The Balaban J connectivity index is 1.59. The minimum absolute atomic E-state index is 0.0986. The van der Waals surface area contributed by atoms with Gasteiger partial charge in [-0.15, -0.1) is 0 Å². The highest BCUT2D eigenvalue weighted by molar-refractivity contribution is 6.75. The van der Waals surface area contributed by atoms with E-state index in [0.29, 0.717) is 0 Å². The highest BCUT2D eigenvalue weighted by Gasteiger charge is 2.40. The Kier molecular flexibility index (Phi) is 7.32. The molecule has 0 aromatic heterocycles. The maximum atomic E-state index is 6.66. The minimum Gasteiger partial charge on any atom is -0.543 e. The van der Waals surface area contributed by atoms with Crippen molar-refractivity contribution in [1.29, 1.82) is 0 Å². The molecule has 4 nitrogen and oxygen atoms in total. The fourth-order valence-corrected chi connectivity index (χ4v) is 6.59. The average Bonchev–Trinajstić information content (AvgIpc) is 2.87. The van der Waals surface area contributed by atoms with Gasteiger partial charge >= 0.3 is 0 Å². The lowest BCUT2D eigenvalue weighted by molar-refractivity contribution is 0.00300. The largest absolute Gasteiger partial charge is 0.543 e. The van der Waals surface area contributed by atoms with Crippen molar-refractivity contribution in [3.05, 3.63) is 84.4 Å². The lowest BCUT2D eigenvalue weighted by Crippen LogP contribution is -2.43. The normalized spacial score (nSPS) is 15.5. The first kappa shape index (κ1) is 29.3. The van der Waals surface area contributed by atoms with Gasteiger partial charge in [-0.25, -0.2) is 0 Å². The Labute approximate surface area is 247 Å². The van der Waals surface area contributed by atoms with Gasteiger partial charge in [0.25, 0.3) is 6.29 Å². The summed E-state index contributed by atoms with van der Waals surface area (Å²) in [6.45, 7) is 22.6. The predicted molar refractivity (Wildman–Crippen MR) is 175 cm³/mol. The smallest absolute Gasteiger partial charge is 0.268 e. The summed E-state index contributed by atoms with van der Waals surface area (Å²) in [7, 11) is -3.97. The van der Waals surface area contributed by atoms with Crippen molar-refractivity contribution >= 4 is 27.4 Å². The third kappa shape index (κ3) is 5.77. The van der Waals surface area contributed by atoms with Crippen LogP contribution in [0.3, 0.4) is 0 Å². The molecule has 0 saturated carbocycles. The molecule has 1 aliphatic rings. The second kappa shape index (κ2) is 10.2. The molecule has 1 aliphatic heterocycles. The minimum atomic E-state index is -2.01. The van der Waals surface area contributed by atoms with Crippen LogP contribution in [0.15, 0.2) is 78.9 Å². The van der Waals surface area contributed by atoms with Crippen LogP contribution in [0.25, 0.3) is 21.9 Å². The molecule has 1 unspecified atom stereocenters. The van der Waals surface area contributed by atoms with Gasteiger partial charge < -0.3 is 18.3 Å². The molecule has 0 saturated heterocycles. The fourth-order valence-electron chi connectivity index (χ4n) is 4.55. The van der Waals surface area contributed by atoms with E-state index in [2.05, 4.69) is 110 Å². The van der Waals surface area contributed by atoms with Crippen molar-refractivity contribution in [2.24, 2.45) is 0 Å². The van der Waals surface area contributed by atoms with Crippen LogP contribution in [0.5, 0.6) is 23.0 Å². The molecule has 1 atom stereocenters. The summed E-state index contributed by atoms with van der Waals surface area (Å²) in [5.74, 6) is 3.28. The van der Waals surface area contributed by atoms with Crippen molar-refractivity contribution in [3.63, 3.8) is 0 Å². The fraction of sp³-hybridized carbons (Fsp3) is 0.371. The number of fused-ring (bicyclic) bond motifs is 5. The van der Waals surface area contributed by atoms with Gasteiger partial charge in [0.05, 0.1) is 0 Å². The molecule has 4 aromatic carbocycles. The van der Waals surface area contributed by atoms with Crippen LogP contribution >= 0.6 is 0 Å². The SMILES string of the molecule is CC(C)(C)[Si](C)(C)Oc1ccc2c(c1)OC(Oc1ccccc1)c1c-2ccc2cc(O[Si](C)(C)C(C)(C)C)ccc12. The summed E-state index contributed by atoms with van der Waals surface area (Å²) in [6.07, 6.45) is -0.612. The van der Waals surface area contributed by atoms with E-state index in [4.69, 9.17) is 18.3 Å². The molecule has 0 radical (unpaired) electrons. The van der Waals surface area contributed by atoms with Gasteiger partial charge in [-0.05, 0) is 89.0 Å². The average molecular weight is 585 g/mol. The first-order valence-corrected chi connectivity index (χ1v) is 20.3. The number of hydrogen-bond acceptors (Lipinski definition) is 4. The van der Waals surface area contributed by atoms with Crippen LogP contribution in [-0.2, 0) is 0 Å². The molecule has 216 valence electrons. The molecule has 0 spiro atoms. The van der Waals surface area contributed by atoms with Gasteiger partial charge in [-0.1, -0.05) is 77.9 Å². The molecule has 0 bridgehead atoms. The van der Waals surface area contributed by atoms with Crippen LogP contribution in [0.2, 0.25) is 36.3 Å². The molecule has 5 rings (SSSR count). The Morgan fingerprint density at radius 1 is 0.610 bits per heavy atom. The van der Waals surface area contributed by atoms with Gasteiger partial charge in [-0.3, -0.25) is 0 Å². The highest BCUT2D eigenvalue weighted by atomic mass is 28.4. The lowest BCUT2D eigenvalue weighted by Gasteiger charge is -2.37. The van der Waals surface area contributed by atoms with E-state index in [1.807, 2.05) is 36.4 Å². The maximum Gasteiger partial charge on any atom is 0.268 e. The summed E-state index contributed by atoms with van der Waals surface area (Å²) in [5.41, 5.74) is 3.17. The Morgan fingerprint density at radius 2 is 1.17 bits per heavy atom. The van der Waals surface area contributed by atoms with Crippen LogP contribution < -0.4 is 18.3 Å². The van der Waals surface area contributed by atoms with E-state index in [1.165, 1.54) is 0 Å². The highest BCUT2D eigenvalue weighted by Crippen LogP contribution is 2.48. The molecule has 41 heavy (non-hydrogen) atoms. The summed E-state index contributed by atoms with van der Waals surface area (Å²) >= 11 is 0. The van der Waals surface area contributed by atoms with Crippen molar-refractivity contribution < 1.29 is 18.3 Å². The molecule has 4 aromatic rings. The molecule has 0 aliphatic carbocycles.